The maximum Gasteiger partial charge on any atom is 0.220 e. The molecule has 0 saturated heterocycles. The predicted molar refractivity (Wildman–Crippen MR) is 121 cm³/mol. The lowest BCUT2D eigenvalue weighted by molar-refractivity contribution is -0.659. The number of pyridine rings is 1. The van der Waals surface area contributed by atoms with Gasteiger partial charge in [0.05, 0.1) is 10.9 Å². The smallest absolute Gasteiger partial charge is 0.200 e. The topological polar surface area (TPSA) is 3.88 Å². The van der Waals surface area contributed by atoms with E-state index in [-0.39, 0.29) is 0 Å². The number of rotatable bonds is 2. The molecule has 0 spiro atoms. The predicted octanol–water partition coefficient (Wildman–Crippen LogP) is 6.70. The zero-order valence-electron chi connectivity index (χ0n) is 17.4. The van der Waals surface area contributed by atoms with E-state index in [1.165, 1.54) is 64.0 Å². The van der Waals surface area contributed by atoms with E-state index in [2.05, 4.69) is 85.4 Å². The molecule has 2 aliphatic rings. The van der Waals surface area contributed by atoms with E-state index in [4.69, 9.17) is 0 Å². The minimum absolute atomic E-state index is 0.790. The summed E-state index contributed by atoms with van der Waals surface area (Å²) >= 11 is 0. The summed E-state index contributed by atoms with van der Waals surface area (Å²) in [6, 6.07) is 23.0. The van der Waals surface area contributed by atoms with Crippen molar-refractivity contribution in [1.82, 2.24) is 0 Å². The van der Waals surface area contributed by atoms with Crippen molar-refractivity contribution in [2.45, 2.75) is 38.5 Å². The SMILES string of the molecule is Cc1cc2ccccc2cc1-c1c2ccc(C3CC4CCC3C4)cc2cc[n+]1C. The molecule has 2 bridgehead atoms. The summed E-state index contributed by atoms with van der Waals surface area (Å²) in [4.78, 5) is 0. The second kappa shape index (κ2) is 6.42. The van der Waals surface area contributed by atoms with Crippen LogP contribution in [0.25, 0.3) is 32.8 Å². The zero-order chi connectivity index (χ0) is 19.5. The molecule has 3 aromatic carbocycles. The molecule has 3 atom stereocenters. The Morgan fingerprint density at radius 2 is 1.66 bits per heavy atom. The van der Waals surface area contributed by atoms with Crippen LogP contribution in [0.15, 0.2) is 66.9 Å². The molecule has 2 saturated carbocycles. The molecule has 0 amide bonds. The summed E-state index contributed by atoms with van der Waals surface area (Å²) in [6.07, 6.45) is 8.02. The molecule has 1 nitrogen and oxygen atoms in total. The van der Waals surface area contributed by atoms with E-state index in [1.54, 1.807) is 5.56 Å². The van der Waals surface area contributed by atoms with Crippen LogP contribution in [0.3, 0.4) is 0 Å². The van der Waals surface area contributed by atoms with Crippen LogP contribution in [0.5, 0.6) is 0 Å². The number of hydrogen-bond donors (Lipinski definition) is 0. The van der Waals surface area contributed by atoms with Crippen LogP contribution in [0, 0.1) is 18.8 Å². The van der Waals surface area contributed by atoms with Crippen LogP contribution in [0.1, 0.15) is 42.7 Å². The summed E-state index contributed by atoms with van der Waals surface area (Å²) in [6.45, 7) is 2.24. The first-order valence-electron chi connectivity index (χ1n) is 11.1. The van der Waals surface area contributed by atoms with Gasteiger partial charge in [0, 0.05) is 6.07 Å². The Balaban J connectivity index is 1.52. The highest BCUT2D eigenvalue weighted by Gasteiger charge is 2.40. The molecule has 144 valence electrons. The van der Waals surface area contributed by atoms with Crippen molar-refractivity contribution < 1.29 is 4.57 Å². The van der Waals surface area contributed by atoms with Gasteiger partial charge in [0.1, 0.15) is 7.05 Å². The van der Waals surface area contributed by atoms with E-state index >= 15 is 0 Å². The summed E-state index contributed by atoms with van der Waals surface area (Å²) in [5.74, 6) is 2.71. The fourth-order valence-corrected chi connectivity index (χ4v) is 6.22. The second-order valence-corrected chi connectivity index (χ2v) is 9.42. The molecule has 3 unspecified atom stereocenters. The van der Waals surface area contributed by atoms with Crippen LogP contribution in [-0.4, -0.2) is 0 Å². The summed E-state index contributed by atoms with van der Waals surface area (Å²) in [5, 5.41) is 5.37. The minimum atomic E-state index is 0.790. The Morgan fingerprint density at radius 3 is 2.41 bits per heavy atom. The van der Waals surface area contributed by atoms with Crippen molar-refractivity contribution in [3.05, 3.63) is 78.0 Å². The van der Waals surface area contributed by atoms with E-state index in [0.717, 1.165) is 17.8 Å². The van der Waals surface area contributed by atoms with E-state index < -0.39 is 0 Å². The average molecular weight is 379 g/mol. The molecule has 29 heavy (non-hydrogen) atoms. The van der Waals surface area contributed by atoms with Gasteiger partial charge in [0.25, 0.3) is 0 Å². The molecule has 1 heteroatoms. The minimum Gasteiger partial charge on any atom is -0.200 e. The highest BCUT2D eigenvalue weighted by atomic mass is 14.9. The summed E-state index contributed by atoms with van der Waals surface area (Å²) in [5.41, 5.74) is 5.57. The molecule has 1 aromatic heterocycles. The third-order valence-electron chi connectivity index (χ3n) is 7.68. The highest BCUT2D eigenvalue weighted by Crippen LogP contribution is 2.53. The van der Waals surface area contributed by atoms with Gasteiger partial charge in [-0.05, 0) is 83.4 Å². The van der Waals surface area contributed by atoms with Crippen LogP contribution in [-0.2, 0) is 7.05 Å². The third kappa shape index (κ3) is 2.71. The van der Waals surface area contributed by atoms with Crippen molar-refractivity contribution in [2.75, 3.05) is 0 Å². The van der Waals surface area contributed by atoms with Gasteiger partial charge in [-0.3, -0.25) is 0 Å². The maximum atomic E-state index is 2.49. The van der Waals surface area contributed by atoms with Crippen molar-refractivity contribution in [1.29, 1.82) is 0 Å². The molecule has 0 aliphatic heterocycles. The van der Waals surface area contributed by atoms with Gasteiger partial charge < -0.3 is 0 Å². The number of aromatic nitrogens is 1. The quantitative estimate of drug-likeness (QED) is 0.342. The number of fused-ring (bicyclic) bond motifs is 4. The average Bonchev–Trinajstić information content (AvgIpc) is 3.37. The number of hydrogen-bond acceptors (Lipinski definition) is 0. The Labute approximate surface area is 173 Å². The van der Waals surface area contributed by atoms with Crippen molar-refractivity contribution in [3.8, 4) is 11.3 Å². The Bertz CT molecular complexity index is 1250. The van der Waals surface area contributed by atoms with E-state index in [9.17, 15) is 0 Å². The highest BCUT2D eigenvalue weighted by molar-refractivity contribution is 5.97. The van der Waals surface area contributed by atoms with Crippen molar-refractivity contribution in [2.24, 2.45) is 18.9 Å². The molecule has 6 rings (SSSR count). The summed E-state index contributed by atoms with van der Waals surface area (Å²) in [7, 11) is 2.17. The Kier molecular flexibility index (Phi) is 3.81. The molecule has 1 heterocycles. The van der Waals surface area contributed by atoms with Gasteiger partial charge >= 0.3 is 0 Å². The third-order valence-corrected chi connectivity index (χ3v) is 7.68. The monoisotopic (exact) mass is 378 g/mol. The number of aryl methyl sites for hydroxylation is 2. The number of nitrogens with zero attached hydrogens (tertiary/aromatic N) is 1. The molecule has 2 fully saturated rings. The first-order chi connectivity index (χ1) is 14.2. The van der Waals surface area contributed by atoms with Gasteiger partial charge in [-0.2, -0.15) is 0 Å². The number of benzene rings is 3. The standard InChI is InChI=1S/C28H28N/c1-18-13-20-5-3-4-6-21(20)17-26(18)28-25-10-9-23(16-24(25)11-12-29(28)2)27-15-19-7-8-22(27)14-19/h3-6,9-13,16-17,19,22,27H,7-8,14-15H2,1-2H3/q+1. The van der Waals surface area contributed by atoms with Crippen molar-refractivity contribution in [3.63, 3.8) is 0 Å². The molecular weight excluding hydrogens is 350 g/mol. The maximum absolute atomic E-state index is 2.49. The van der Waals surface area contributed by atoms with Gasteiger partial charge in [0.15, 0.2) is 6.20 Å². The van der Waals surface area contributed by atoms with Gasteiger partial charge in [-0.25, -0.2) is 4.57 Å². The van der Waals surface area contributed by atoms with Gasteiger partial charge in [0.2, 0.25) is 5.69 Å². The molecular formula is C28H28N+. The van der Waals surface area contributed by atoms with E-state index in [0.29, 0.717) is 0 Å². The van der Waals surface area contributed by atoms with Gasteiger partial charge in [-0.15, -0.1) is 0 Å². The fourth-order valence-electron chi connectivity index (χ4n) is 6.22. The van der Waals surface area contributed by atoms with Crippen LogP contribution >= 0.6 is 0 Å². The Hall–Kier alpha value is -2.67. The molecule has 0 N–H and O–H groups in total. The lowest BCUT2D eigenvalue weighted by Crippen LogP contribution is -2.30. The largest absolute Gasteiger partial charge is 0.220 e. The Morgan fingerprint density at radius 1 is 0.828 bits per heavy atom. The first kappa shape index (κ1) is 17.2. The van der Waals surface area contributed by atoms with E-state index in [1.807, 2.05) is 0 Å². The molecule has 2 aliphatic carbocycles. The molecule has 0 radical (unpaired) electrons. The zero-order valence-corrected chi connectivity index (χ0v) is 17.4. The van der Waals surface area contributed by atoms with Gasteiger partial charge in [-0.1, -0.05) is 48.9 Å². The molecule has 4 aromatic rings. The van der Waals surface area contributed by atoms with Crippen molar-refractivity contribution >= 4 is 21.5 Å². The van der Waals surface area contributed by atoms with Crippen LogP contribution < -0.4 is 4.57 Å². The second-order valence-electron chi connectivity index (χ2n) is 9.42. The van der Waals surface area contributed by atoms with Crippen LogP contribution in [0.4, 0.5) is 0 Å². The normalized spacial score (nSPS) is 23.3. The van der Waals surface area contributed by atoms with Crippen LogP contribution in [0.2, 0.25) is 0 Å². The lowest BCUT2D eigenvalue weighted by atomic mass is 9.82. The first-order valence-corrected chi connectivity index (χ1v) is 11.1. The lowest BCUT2D eigenvalue weighted by Gasteiger charge is -2.22. The fraction of sp³-hybridized carbons (Fsp3) is 0.321. The summed E-state index contributed by atoms with van der Waals surface area (Å²) < 4.78 is 2.29.